The maximum atomic E-state index is 12.9. The number of phosphoric acid groups is 1. The van der Waals surface area contributed by atoms with E-state index in [1.807, 2.05) is 0 Å². The second kappa shape index (κ2) is 13.4. The predicted molar refractivity (Wildman–Crippen MR) is 144 cm³/mol. The Morgan fingerprint density at radius 1 is 0.897 bits per heavy atom. The van der Waals surface area contributed by atoms with Crippen molar-refractivity contribution in [1.29, 1.82) is 0 Å². The fraction of sp³-hybridized carbons (Fsp3) is 0.417. The summed E-state index contributed by atoms with van der Waals surface area (Å²) in [6.45, 7) is 0.578. The standard InChI is InChI=1S/C24H34N7O7P/c1-29-11-10-25-21(29)24(34)28-18-14-20(31(3)16-18)23(33)27-17-13-19(30(2)15-17)22(32)26-9-7-5-6-8-12-38-39(35,36)37-4/h10-11,13-16H,5-9,12H2,1-4H3,(H,26,32)(H,27,33)(H,28,34)(H,35,36). The highest BCUT2D eigenvalue weighted by atomic mass is 31.2. The molecule has 3 heterocycles. The lowest BCUT2D eigenvalue weighted by Crippen LogP contribution is -2.26. The summed E-state index contributed by atoms with van der Waals surface area (Å²) < 4.78 is 25.1. The number of carbonyl (C=O) groups excluding carboxylic acids is 3. The number of aromatic nitrogens is 4. The van der Waals surface area contributed by atoms with Crippen LogP contribution in [-0.2, 0) is 34.8 Å². The molecule has 39 heavy (non-hydrogen) atoms. The van der Waals surface area contributed by atoms with Gasteiger partial charge in [-0.05, 0) is 25.0 Å². The third-order valence-corrected chi connectivity index (χ3v) is 6.83. The number of imidazole rings is 1. The molecule has 0 fully saturated rings. The fourth-order valence-electron chi connectivity index (χ4n) is 3.79. The second-order valence-electron chi connectivity index (χ2n) is 8.87. The maximum absolute atomic E-state index is 12.9. The van der Waals surface area contributed by atoms with Gasteiger partial charge in [-0.15, -0.1) is 0 Å². The highest BCUT2D eigenvalue weighted by molar-refractivity contribution is 7.47. The Balaban J connectivity index is 1.46. The van der Waals surface area contributed by atoms with Gasteiger partial charge in [0.1, 0.15) is 11.4 Å². The van der Waals surface area contributed by atoms with Gasteiger partial charge < -0.3 is 34.5 Å². The highest BCUT2D eigenvalue weighted by Crippen LogP contribution is 2.41. The van der Waals surface area contributed by atoms with Crippen LogP contribution in [-0.4, -0.2) is 61.6 Å². The third-order valence-electron chi connectivity index (χ3n) is 5.86. The number of anilines is 2. The van der Waals surface area contributed by atoms with Gasteiger partial charge in [-0.1, -0.05) is 12.8 Å². The van der Waals surface area contributed by atoms with Crippen molar-refractivity contribution in [2.75, 3.05) is 30.9 Å². The van der Waals surface area contributed by atoms with E-state index in [0.29, 0.717) is 35.7 Å². The van der Waals surface area contributed by atoms with Crippen molar-refractivity contribution in [2.24, 2.45) is 21.1 Å². The number of amides is 3. The molecule has 0 saturated heterocycles. The van der Waals surface area contributed by atoms with Gasteiger partial charge in [0.25, 0.3) is 17.7 Å². The summed E-state index contributed by atoms with van der Waals surface area (Å²) >= 11 is 0. The average Bonchev–Trinajstić information content (AvgIpc) is 3.58. The summed E-state index contributed by atoms with van der Waals surface area (Å²) in [5.74, 6) is -0.832. The van der Waals surface area contributed by atoms with E-state index in [9.17, 15) is 18.9 Å². The van der Waals surface area contributed by atoms with Gasteiger partial charge >= 0.3 is 7.82 Å². The molecule has 0 aliphatic rings. The molecule has 0 saturated carbocycles. The first-order valence-corrected chi connectivity index (χ1v) is 13.7. The van der Waals surface area contributed by atoms with Crippen LogP contribution in [0.2, 0.25) is 0 Å². The lowest BCUT2D eigenvalue weighted by molar-refractivity contribution is 0.0942. The largest absolute Gasteiger partial charge is 0.471 e. The lowest BCUT2D eigenvalue weighted by atomic mass is 10.2. The molecule has 3 rings (SSSR count). The molecule has 0 bridgehead atoms. The Labute approximate surface area is 225 Å². The molecule has 0 radical (unpaired) electrons. The summed E-state index contributed by atoms with van der Waals surface area (Å²) in [6, 6.07) is 3.14. The van der Waals surface area contributed by atoms with E-state index in [-0.39, 0.29) is 18.3 Å². The number of rotatable bonds is 14. The molecule has 3 aromatic rings. The molecule has 212 valence electrons. The van der Waals surface area contributed by atoms with Crippen molar-refractivity contribution in [3.63, 3.8) is 0 Å². The SMILES string of the molecule is COP(=O)(O)OCCCCCCNC(=O)c1cc(NC(=O)c2cc(NC(=O)c3nccn3C)cn2C)cn1C. The molecule has 0 aliphatic heterocycles. The maximum Gasteiger partial charge on any atom is 0.471 e. The van der Waals surface area contributed by atoms with E-state index in [1.165, 1.54) is 6.20 Å². The summed E-state index contributed by atoms with van der Waals surface area (Å²) in [4.78, 5) is 51.1. The van der Waals surface area contributed by atoms with Crippen LogP contribution in [0, 0.1) is 0 Å². The molecule has 0 spiro atoms. The topological polar surface area (TPSA) is 171 Å². The number of unbranched alkanes of at least 4 members (excludes halogenated alkanes) is 3. The number of phosphoric ester groups is 1. The molecule has 1 atom stereocenters. The van der Waals surface area contributed by atoms with E-state index in [0.717, 1.165) is 26.4 Å². The van der Waals surface area contributed by atoms with E-state index in [2.05, 4.69) is 25.5 Å². The Morgan fingerprint density at radius 2 is 1.49 bits per heavy atom. The van der Waals surface area contributed by atoms with Crippen LogP contribution < -0.4 is 16.0 Å². The number of nitrogens with one attached hydrogen (secondary N) is 3. The van der Waals surface area contributed by atoms with Crippen molar-refractivity contribution < 1.29 is 32.9 Å². The summed E-state index contributed by atoms with van der Waals surface area (Å²) in [5.41, 5.74) is 1.59. The lowest BCUT2D eigenvalue weighted by Gasteiger charge is -2.09. The summed E-state index contributed by atoms with van der Waals surface area (Å²) in [5, 5.41) is 8.36. The number of nitrogens with zero attached hydrogens (tertiary/aromatic N) is 4. The molecule has 14 nitrogen and oxygen atoms in total. The number of hydrogen-bond acceptors (Lipinski definition) is 7. The van der Waals surface area contributed by atoms with Crippen LogP contribution in [0.5, 0.6) is 0 Å². The van der Waals surface area contributed by atoms with E-state index >= 15 is 0 Å². The molecule has 0 aromatic carbocycles. The Hall–Kier alpha value is -3.71. The van der Waals surface area contributed by atoms with Gasteiger partial charge in [-0.3, -0.25) is 23.4 Å². The van der Waals surface area contributed by atoms with Crippen molar-refractivity contribution in [2.45, 2.75) is 25.7 Å². The minimum Gasteiger partial charge on any atom is -0.351 e. The molecule has 1 unspecified atom stereocenters. The smallest absolute Gasteiger partial charge is 0.351 e. The first-order chi connectivity index (χ1) is 18.5. The molecule has 3 aromatic heterocycles. The van der Waals surface area contributed by atoms with Gasteiger partial charge in [-0.2, -0.15) is 0 Å². The number of aryl methyl sites for hydroxylation is 3. The zero-order valence-corrected chi connectivity index (χ0v) is 23.2. The van der Waals surface area contributed by atoms with Crippen LogP contribution in [0.3, 0.4) is 0 Å². The zero-order chi connectivity index (χ0) is 28.6. The molecular formula is C24H34N7O7P. The van der Waals surface area contributed by atoms with Gasteiger partial charge in [0.2, 0.25) is 0 Å². The van der Waals surface area contributed by atoms with E-state index in [4.69, 9.17) is 9.42 Å². The van der Waals surface area contributed by atoms with Crippen molar-refractivity contribution >= 4 is 36.9 Å². The van der Waals surface area contributed by atoms with Gasteiger partial charge in [-0.25, -0.2) is 9.55 Å². The monoisotopic (exact) mass is 563 g/mol. The van der Waals surface area contributed by atoms with Crippen molar-refractivity contribution in [3.05, 3.63) is 54.1 Å². The van der Waals surface area contributed by atoms with Gasteiger partial charge in [0.05, 0.1) is 18.0 Å². The third kappa shape index (κ3) is 8.39. The minimum absolute atomic E-state index is 0.121. The molecule has 0 aliphatic carbocycles. The zero-order valence-electron chi connectivity index (χ0n) is 22.3. The fourth-order valence-corrected chi connectivity index (χ4v) is 4.25. The van der Waals surface area contributed by atoms with Crippen molar-refractivity contribution in [3.8, 4) is 0 Å². The molecule has 4 N–H and O–H groups in total. The van der Waals surface area contributed by atoms with Gasteiger partial charge in [0, 0.05) is 59.6 Å². The minimum atomic E-state index is -3.93. The highest BCUT2D eigenvalue weighted by Gasteiger charge is 2.19. The van der Waals surface area contributed by atoms with Crippen LogP contribution in [0.15, 0.2) is 36.9 Å². The average molecular weight is 564 g/mol. The first kappa shape index (κ1) is 29.8. The van der Waals surface area contributed by atoms with E-state index < -0.39 is 19.6 Å². The Bertz CT molecular complexity index is 1360. The van der Waals surface area contributed by atoms with Gasteiger partial charge in [0.15, 0.2) is 5.82 Å². The number of carbonyl (C=O) groups is 3. The Morgan fingerprint density at radius 3 is 2.08 bits per heavy atom. The molecule has 3 amide bonds. The normalized spacial score (nSPS) is 12.6. The predicted octanol–water partition coefficient (Wildman–Crippen LogP) is 2.66. The summed E-state index contributed by atoms with van der Waals surface area (Å²) in [6.07, 6.45) is 9.35. The molecule has 15 heteroatoms. The van der Waals surface area contributed by atoms with Crippen LogP contribution in [0.4, 0.5) is 11.4 Å². The van der Waals surface area contributed by atoms with E-state index in [1.54, 1.807) is 65.6 Å². The Kier molecular flexibility index (Phi) is 10.2. The quantitative estimate of drug-likeness (QED) is 0.171. The first-order valence-electron chi connectivity index (χ1n) is 12.2. The summed E-state index contributed by atoms with van der Waals surface area (Å²) in [7, 11) is 2.28. The number of hydrogen-bond donors (Lipinski definition) is 4. The van der Waals surface area contributed by atoms with Crippen LogP contribution in [0.1, 0.15) is 57.3 Å². The van der Waals surface area contributed by atoms with Crippen LogP contribution in [0.25, 0.3) is 0 Å². The van der Waals surface area contributed by atoms with Crippen molar-refractivity contribution in [1.82, 2.24) is 24.0 Å². The van der Waals surface area contributed by atoms with Crippen LogP contribution >= 0.6 is 7.82 Å². The second-order valence-corrected chi connectivity index (χ2v) is 10.4. The molecular weight excluding hydrogens is 529 g/mol.